The molecule has 1 aliphatic heterocycles. The van der Waals surface area contributed by atoms with Crippen molar-refractivity contribution >= 4 is 15.9 Å². The minimum Gasteiger partial charge on any atom is -0.409 e. The minimum atomic E-state index is -3.45. The summed E-state index contributed by atoms with van der Waals surface area (Å²) >= 11 is 0. The molecule has 0 radical (unpaired) electrons. The van der Waals surface area contributed by atoms with Gasteiger partial charge in [0.2, 0.25) is 10.0 Å². The van der Waals surface area contributed by atoms with Crippen LogP contribution in [0.2, 0.25) is 0 Å². The van der Waals surface area contributed by atoms with E-state index in [0.29, 0.717) is 13.2 Å². The molecular weight excluding hydrogens is 286 g/mol. The topological polar surface area (TPSA) is 114 Å². The van der Waals surface area contributed by atoms with Gasteiger partial charge in [0, 0.05) is 33.2 Å². The number of ether oxygens (including phenoxy) is 2. The molecule has 118 valence electrons. The molecule has 9 heteroatoms. The second kappa shape index (κ2) is 8.40. The average Bonchev–Trinajstić information content (AvgIpc) is 2.90. The Morgan fingerprint density at radius 1 is 1.55 bits per heavy atom. The third kappa shape index (κ3) is 5.61. The van der Waals surface area contributed by atoms with Crippen molar-refractivity contribution in [2.24, 2.45) is 10.9 Å². The highest BCUT2D eigenvalue weighted by molar-refractivity contribution is 7.89. The van der Waals surface area contributed by atoms with Gasteiger partial charge in [-0.3, -0.25) is 0 Å². The van der Waals surface area contributed by atoms with Crippen LogP contribution in [-0.2, 0) is 19.5 Å². The van der Waals surface area contributed by atoms with Crippen LogP contribution >= 0.6 is 0 Å². The van der Waals surface area contributed by atoms with Crippen molar-refractivity contribution in [3.05, 3.63) is 0 Å². The smallest absolute Gasteiger partial charge is 0.216 e. The molecule has 1 rings (SSSR count). The molecule has 0 aromatic carbocycles. The van der Waals surface area contributed by atoms with E-state index in [-0.39, 0.29) is 37.2 Å². The molecule has 0 aliphatic carbocycles. The maximum absolute atomic E-state index is 12.3. The van der Waals surface area contributed by atoms with Crippen LogP contribution in [0.25, 0.3) is 0 Å². The zero-order valence-electron chi connectivity index (χ0n) is 11.7. The molecule has 1 atom stereocenters. The summed E-state index contributed by atoms with van der Waals surface area (Å²) in [4.78, 5) is 0. The Hall–Kier alpha value is -0.900. The van der Waals surface area contributed by atoms with Crippen molar-refractivity contribution in [3.8, 4) is 0 Å². The van der Waals surface area contributed by atoms with Gasteiger partial charge in [0.25, 0.3) is 0 Å². The van der Waals surface area contributed by atoms with Crippen LogP contribution in [0, 0.1) is 0 Å². The van der Waals surface area contributed by atoms with Gasteiger partial charge < -0.3 is 20.4 Å². The lowest BCUT2D eigenvalue weighted by molar-refractivity contribution is 0.125. The van der Waals surface area contributed by atoms with E-state index in [2.05, 4.69) is 5.16 Å². The van der Waals surface area contributed by atoms with Crippen LogP contribution in [0.4, 0.5) is 0 Å². The van der Waals surface area contributed by atoms with Crippen molar-refractivity contribution < 1.29 is 23.1 Å². The van der Waals surface area contributed by atoms with Crippen molar-refractivity contribution in [3.63, 3.8) is 0 Å². The van der Waals surface area contributed by atoms with Crippen LogP contribution in [0.5, 0.6) is 0 Å². The monoisotopic (exact) mass is 309 g/mol. The number of hydrogen-bond donors (Lipinski definition) is 2. The summed E-state index contributed by atoms with van der Waals surface area (Å²) in [5, 5.41) is 11.3. The molecule has 0 bridgehead atoms. The molecule has 1 unspecified atom stereocenters. The number of nitrogens with zero attached hydrogens (tertiary/aromatic N) is 2. The van der Waals surface area contributed by atoms with Gasteiger partial charge in [-0.15, -0.1) is 0 Å². The standard InChI is InChI=1S/C11H23N3O5S/c1-18-8-6-14(5-4-11(12)13-15)20(16,17)9-10-3-2-7-19-10/h10,15H,2-9H2,1H3,(H2,12,13). The van der Waals surface area contributed by atoms with E-state index in [1.54, 1.807) is 0 Å². The van der Waals surface area contributed by atoms with Gasteiger partial charge in [-0.1, -0.05) is 5.16 Å². The van der Waals surface area contributed by atoms with E-state index in [0.717, 1.165) is 12.8 Å². The average molecular weight is 309 g/mol. The van der Waals surface area contributed by atoms with Crippen molar-refractivity contribution in [2.45, 2.75) is 25.4 Å². The summed E-state index contributed by atoms with van der Waals surface area (Å²) in [6.45, 7) is 1.31. The quantitative estimate of drug-likeness (QED) is 0.259. The first-order valence-electron chi connectivity index (χ1n) is 6.54. The molecule has 3 N–H and O–H groups in total. The molecule has 1 heterocycles. The summed E-state index contributed by atoms with van der Waals surface area (Å²) in [7, 11) is -1.94. The fraction of sp³-hybridized carbons (Fsp3) is 0.909. The fourth-order valence-electron chi connectivity index (χ4n) is 1.99. The molecule has 1 fully saturated rings. The van der Waals surface area contributed by atoms with E-state index >= 15 is 0 Å². The van der Waals surface area contributed by atoms with Crippen LogP contribution in [0.3, 0.4) is 0 Å². The number of rotatable bonds is 9. The van der Waals surface area contributed by atoms with E-state index < -0.39 is 10.0 Å². The number of hydrogen-bond acceptors (Lipinski definition) is 6. The fourth-order valence-corrected chi connectivity index (χ4v) is 3.65. The third-order valence-corrected chi connectivity index (χ3v) is 5.05. The molecule has 1 saturated heterocycles. The number of oxime groups is 1. The highest BCUT2D eigenvalue weighted by Crippen LogP contribution is 2.16. The molecule has 0 aromatic rings. The second-order valence-corrected chi connectivity index (χ2v) is 6.66. The molecule has 20 heavy (non-hydrogen) atoms. The molecule has 0 spiro atoms. The summed E-state index contributed by atoms with van der Waals surface area (Å²) in [5.41, 5.74) is 5.38. The van der Waals surface area contributed by atoms with E-state index in [1.165, 1.54) is 11.4 Å². The molecule has 0 saturated carbocycles. The summed E-state index contributed by atoms with van der Waals surface area (Å²) in [5.74, 6) is -0.0351. The first-order valence-corrected chi connectivity index (χ1v) is 8.15. The van der Waals surface area contributed by atoms with Crippen molar-refractivity contribution in [1.82, 2.24) is 4.31 Å². The maximum Gasteiger partial charge on any atom is 0.216 e. The Balaban J connectivity index is 2.63. The minimum absolute atomic E-state index is 0.000247. The molecular formula is C11H23N3O5S. The lowest BCUT2D eigenvalue weighted by atomic mass is 10.3. The Labute approximate surface area is 119 Å². The lowest BCUT2D eigenvalue weighted by Gasteiger charge is -2.23. The zero-order valence-corrected chi connectivity index (χ0v) is 12.5. The van der Waals surface area contributed by atoms with Gasteiger partial charge in [-0.2, -0.15) is 4.31 Å². The van der Waals surface area contributed by atoms with Gasteiger partial charge in [0.15, 0.2) is 0 Å². The summed E-state index contributed by atoms with van der Waals surface area (Å²) < 4.78 is 36.3. The van der Waals surface area contributed by atoms with Crippen molar-refractivity contribution in [2.75, 3.05) is 39.2 Å². The Morgan fingerprint density at radius 3 is 2.85 bits per heavy atom. The summed E-state index contributed by atoms with van der Waals surface area (Å²) in [6, 6.07) is 0. The predicted molar refractivity (Wildman–Crippen MR) is 74.2 cm³/mol. The number of amidine groups is 1. The normalized spacial score (nSPS) is 20.7. The molecule has 8 nitrogen and oxygen atoms in total. The van der Waals surface area contributed by atoms with Crippen LogP contribution in [0.1, 0.15) is 19.3 Å². The Morgan fingerprint density at radius 2 is 2.30 bits per heavy atom. The molecule has 0 amide bonds. The van der Waals surface area contributed by atoms with Gasteiger partial charge in [-0.25, -0.2) is 8.42 Å². The first-order chi connectivity index (χ1) is 9.49. The first kappa shape index (κ1) is 17.2. The van der Waals surface area contributed by atoms with E-state index in [9.17, 15) is 8.42 Å². The van der Waals surface area contributed by atoms with Gasteiger partial charge in [0.1, 0.15) is 5.84 Å². The Kier molecular flexibility index (Phi) is 7.20. The van der Waals surface area contributed by atoms with Crippen LogP contribution in [-0.4, -0.2) is 69.0 Å². The zero-order chi connectivity index (χ0) is 15.0. The van der Waals surface area contributed by atoms with Crippen LogP contribution < -0.4 is 5.73 Å². The third-order valence-electron chi connectivity index (χ3n) is 3.10. The molecule has 1 aliphatic rings. The highest BCUT2D eigenvalue weighted by Gasteiger charge is 2.28. The number of nitrogens with two attached hydrogens (primary N) is 1. The highest BCUT2D eigenvalue weighted by atomic mass is 32.2. The molecule has 0 aromatic heterocycles. The van der Waals surface area contributed by atoms with Gasteiger partial charge in [0.05, 0.1) is 18.5 Å². The number of methoxy groups -OCH3 is 1. The maximum atomic E-state index is 12.3. The largest absolute Gasteiger partial charge is 0.409 e. The predicted octanol–water partition coefficient (Wildman–Crippen LogP) is -0.420. The van der Waals surface area contributed by atoms with Crippen LogP contribution in [0.15, 0.2) is 5.16 Å². The van der Waals surface area contributed by atoms with Crippen molar-refractivity contribution in [1.29, 1.82) is 0 Å². The number of sulfonamides is 1. The van der Waals surface area contributed by atoms with E-state index in [4.69, 9.17) is 20.4 Å². The van der Waals surface area contributed by atoms with Gasteiger partial charge >= 0.3 is 0 Å². The lowest BCUT2D eigenvalue weighted by Crippen LogP contribution is -2.40. The Bertz CT molecular complexity index is 406. The second-order valence-electron chi connectivity index (χ2n) is 4.65. The van der Waals surface area contributed by atoms with E-state index in [1.807, 2.05) is 0 Å². The van der Waals surface area contributed by atoms with Gasteiger partial charge in [-0.05, 0) is 12.8 Å². The SMILES string of the molecule is COCCN(CCC(N)=NO)S(=O)(=O)CC1CCCO1. The summed E-state index contributed by atoms with van der Waals surface area (Å²) in [6.07, 6.45) is 1.58.